The van der Waals surface area contributed by atoms with Gasteiger partial charge in [-0.15, -0.1) is 0 Å². The van der Waals surface area contributed by atoms with Gasteiger partial charge in [-0.05, 0) is 18.4 Å². The van der Waals surface area contributed by atoms with Gasteiger partial charge < -0.3 is 10.8 Å². The van der Waals surface area contributed by atoms with Gasteiger partial charge in [-0.3, -0.25) is 4.79 Å². The summed E-state index contributed by atoms with van der Waals surface area (Å²) in [6, 6.07) is -0.683. The molecule has 0 rings (SSSR count). The van der Waals surface area contributed by atoms with E-state index in [1.165, 1.54) is 0 Å². The SMILES string of the molecule is CSCC[C@H](N)C(=O)O.[Mo]. The van der Waals surface area contributed by atoms with Crippen LogP contribution in [0.25, 0.3) is 0 Å². The molecule has 0 aromatic rings. The number of nitrogens with two attached hydrogens (primary N) is 1. The molecular weight excluding hydrogens is 234 g/mol. The van der Waals surface area contributed by atoms with Crippen LogP contribution >= 0.6 is 11.8 Å². The monoisotopic (exact) mass is 247 g/mol. The molecule has 0 saturated heterocycles. The van der Waals surface area contributed by atoms with Gasteiger partial charge in [0.05, 0.1) is 0 Å². The van der Waals surface area contributed by atoms with E-state index >= 15 is 0 Å². The summed E-state index contributed by atoms with van der Waals surface area (Å²) < 4.78 is 0. The number of aliphatic carboxylic acids is 1. The molecule has 0 unspecified atom stereocenters. The third-order valence-corrected chi connectivity index (χ3v) is 1.59. The average Bonchev–Trinajstić information content (AvgIpc) is 1.82. The molecule has 10 heavy (non-hydrogen) atoms. The summed E-state index contributed by atoms with van der Waals surface area (Å²) in [7, 11) is 0. The van der Waals surface area contributed by atoms with Gasteiger partial charge in [0.1, 0.15) is 6.04 Å². The Hall–Kier alpha value is 0.468. The summed E-state index contributed by atoms with van der Waals surface area (Å²) in [6.45, 7) is 0. The number of hydrogen-bond acceptors (Lipinski definition) is 3. The largest absolute Gasteiger partial charge is 0.480 e. The first-order chi connectivity index (χ1) is 4.18. The van der Waals surface area contributed by atoms with E-state index in [4.69, 9.17) is 10.8 Å². The smallest absolute Gasteiger partial charge is 0.320 e. The molecule has 0 saturated carbocycles. The van der Waals surface area contributed by atoms with Gasteiger partial charge in [0.15, 0.2) is 0 Å². The van der Waals surface area contributed by atoms with Crippen molar-refractivity contribution in [3.8, 4) is 0 Å². The van der Waals surface area contributed by atoms with Gasteiger partial charge in [0.2, 0.25) is 0 Å². The molecule has 60 valence electrons. The van der Waals surface area contributed by atoms with E-state index in [1.54, 1.807) is 11.8 Å². The Balaban J connectivity index is 0. The van der Waals surface area contributed by atoms with Crippen LogP contribution < -0.4 is 5.73 Å². The molecule has 0 bridgehead atoms. The van der Waals surface area contributed by atoms with E-state index in [9.17, 15) is 4.79 Å². The van der Waals surface area contributed by atoms with E-state index < -0.39 is 12.0 Å². The average molecular weight is 245 g/mol. The second-order valence-electron chi connectivity index (χ2n) is 1.73. The Labute approximate surface area is 79.0 Å². The summed E-state index contributed by atoms with van der Waals surface area (Å²) in [5.74, 6) is -0.1000. The van der Waals surface area contributed by atoms with Crippen molar-refractivity contribution < 1.29 is 31.0 Å². The van der Waals surface area contributed by atoms with Crippen LogP contribution in [0.5, 0.6) is 0 Å². The summed E-state index contributed by atoms with van der Waals surface area (Å²) in [5.41, 5.74) is 5.19. The van der Waals surface area contributed by atoms with Crippen LogP contribution in [-0.4, -0.2) is 29.1 Å². The molecule has 0 aromatic carbocycles. The zero-order valence-corrected chi connectivity index (χ0v) is 8.56. The number of carbonyl (C=O) groups is 1. The molecule has 0 aromatic heterocycles. The zero-order chi connectivity index (χ0) is 7.28. The van der Waals surface area contributed by atoms with Crippen LogP contribution in [0.2, 0.25) is 0 Å². The van der Waals surface area contributed by atoms with Crippen LogP contribution in [0.4, 0.5) is 0 Å². The maximum Gasteiger partial charge on any atom is 0.320 e. The standard InChI is InChI=1S/C5H11NO2S.Mo/c1-9-3-2-4(6)5(7)8;/h4H,2-3,6H2,1H3,(H,7,8);/t4-;/m0./s1. The maximum absolute atomic E-state index is 10.1. The molecule has 0 aliphatic heterocycles. The third-order valence-electron chi connectivity index (χ3n) is 0.950. The Morgan fingerprint density at radius 3 is 2.60 bits per heavy atom. The number of thioether (sulfide) groups is 1. The first-order valence-electron chi connectivity index (χ1n) is 2.65. The van der Waals surface area contributed by atoms with Crippen LogP contribution in [0.1, 0.15) is 6.42 Å². The fraction of sp³-hybridized carbons (Fsp3) is 0.800. The number of carboxylic acids is 1. The zero-order valence-electron chi connectivity index (χ0n) is 5.74. The third kappa shape index (κ3) is 6.59. The van der Waals surface area contributed by atoms with Gasteiger partial charge in [0.25, 0.3) is 0 Å². The maximum atomic E-state index is 10.1. The van der Waals surface area contributed by atoms with Crippen LogP contribution in [-0.2, 0) is 25.9 Å². The Morgan fingerprint density at radius 2 is 2.30 bits per heavy atom. The van der Waals surface area contributed by atoms with Crippen molar-refractivity contribution in [2.75, 3.05) is 12.0 Å². The summed E-state index contributed by atoms with van der Waals surface area (Å²) in [6.07, 6.45) is 2.48. The molecular formula is C5H11MoNO2S. The molecule has 0 fully saturated rings. The van der Waals surface area contributed by atoms with E-state index in [2.05, 4.69) is 0 Å². The van der Waals surface area contributed by atoms with Gasteiger partial charge in [0, 0.05) is 21.1 Å². The molecule has 0 amide bonds. The van der Waals surface area contributed by atoms with Crippen LogP contribution in [0.15, 0.2) is 0 Å². The summed E-state index contributed by atoms with van der Waals surface area (Å²) >= 11 is 1.60. The molecule has 0 spiro atoms. The fourth-order valence-electron chi connectivity index (χ4n) is 0.368. The summed E-state index contributed by atoms with van der Waals surface area (Å²) in [4.78, 5) is 10.1. The van der Waals surface area contributed by atoms with Crippen molar-refractivity contribution in [3.63, 3.8) is 0 Å². The second-order valence-corrected chi connectivity index (χ2v) is 2.71. The summed E-state index contributed by atoms with van der Waals surface area (Å²) in [5, 5.41) is 8.27. The molecule has 3 nitrogen and oxygen atoms in total. The Bertz CT molecular complexity index is 102. The Morgan fingerprint density at radius 1 is 1.80 bits per heavy atom. The Kier molecular flexibility index (Phi) is 9.91. The van der Waals surface area contributed by atoms with Crippen molar-refractivity contribution in [2.45, 2.75) is 12.5 Å². The van der Waals surface area contributed by atoms with Crippen molar-refractivity contribution in [1.29, 1.82) is 0 Å². The predicted molar refractivity (Wildman–Crippen MR) is 38.6 cm³/mol. The predicted octanol–water partition coefficient (Wildman–Crippen LogP) is 0.149. The molecule has 5 heteroatoms. The first kappa shape index (κ1) is 13.1. The van der Waals surface area contributed by atoms with Gasteiger partial charge in [-0.1, -0.05) is 0 Å². The van der Waals surface area contributed by atoms with Gasteiger partial charge in [-0.25, -0.2) is 0 Å². The van der Waals surface area contributed by atoms with E-state index in [-0.39, 0.29) is 21.1 Å². The van der Waals surface area contributed by atoms with E-state index in [1.807, 2.05) is 6.26 Å². The number of hydrogen-bond donors (Lipinski definition) is 2. The van der Waals surface area contributed by atoms with Crippen molar-refractivity contribution >= 4 is 17.7 Å². The number of rotatable bonds is 4. The van der Waals surface area contributed by atoms with Gasteiger partial charge >= 0.3 is 5.97 Å². The minimum atomic E-state index is -0.913. The molecule has 0 aliphatic rings. The van der Waals surface area contributed by atoms with E-state index in [0.29, 0.717) is 6.42 Å². The second kappa shape index (κ2) is 7.57. The minimum Gasteiger partial charge on any atom is -0.480 e. The molecule has 0 radical (unpaired) electrons. The van der Waals surface area contributed by atoms with Crippen molar-refractivity contribution in [3.05, 3.63) is 0 Å². The first-order valence-corrected chi connectivity index (χ1v) is 4.05. The molecule has 0 aliphatic carbocycles. The minimum absolute atomic E-state index is 0. The molecule has 3 N–H and O–H groups in total. The topological polar surface area (TPSA) is 63.3 Å². The normalized spacial score (nSPS) is 11.8. The van der Waals surface area contributed by atoms with E-state index in [0.717, 1.165) is 5.75 Å². The van der Waals surface area contributed by atoms with Crippen LogP contribution in [0.3, 0.4) is 0 Å². The van der Waals surface area contributed by atoms with Crippen molar-refractivity contribution in [1.82, 2.24) is 0 Å². The van der Waals surface area contributed by atoms with Crippen LogP contribution in [0, 0.1) is 0 Å². The fourth-order valence-corrected chi connectivity index (χ4v) is 0.858. The number of carboxylic acid groups (broad SMARTS) is 1. The van der Waals surface area contributed by atoms with Gasteiger partial charge in [-0.2, -0.15) is 11.8 Å². The quantitative estimate of drug-likeness (QED) is 0.692. The van der Waals surface area contributed by atoms with Crippen molar-refractivity contribution in [2.24, 2.45) is 5.73 Å². The molecule has 0 heterocycles. The molecule has 1 atom stereocenters.